The zero-order valence-corrected chi connectivity index (χ0v) is 12.1. The molecule has 21 heavy (non-hydrogen) atoms. The molecule has 0 bridgehead atoms. The molecule has 1 N–H and O–H groups in total. The first-order valence-electron chi connectivity index (χ1n) is 6.95. The molecule has 1 saturated heterocycles. The summed E-state index contributed by atoms with van der Waals surface area (Å²) in [7, 11) is 0. The maximum Gasteiger partial charge on any atom is 0.307 e. The fourth-order valence-electron chi connectivity index (χ4n) is 2.70. The number of morpholine rings is 1. The quantitative estimate of drug-likeness (QED) is 0.927. The summed E-state index contributed by atoms with van der Waals surface area (Å²) >= 11 is 5.86. The first-order valence-corrected chi connectivity index (χ1v) is 7.32. The molecule has 0 aromatic heterocycles. The molecule has 0 spiro atoms. The van der Waals surface area contributed by atoms with Crippen LogP contribution in [0.3, 0.4) is 0 Å². The van der Waals surface area contributed by atoms with Gasteiger partial charge in [-0.15, -0.1) is 0 Å². The fourth-order valence-corrected chi connectivity index (χ4v) is 2.83. The van der Waals surface area contributed by atoms with E-state index in [4.69, 9.17) is 21.4 Å². The summed E-state index contributed by atoms with van der Waals surface area (Å²) in [6, 6.07) is 7.36. The number of aliphatic carboxylic acids is 1. The maximum absolute atomic E-state index is 12.3. The highest BCUT2D eigenvalue weighted by atomic mass is 35.5. The lowest BCUT2D eigenvalue weighted by Gasteiger charge is -2.33. The highest BCUT2D eigenvalue weighted by Gasteiger charge is 2.50. The Morgan fingerprint density at radius 3 is 2.57 bits per heavy atom. The molecule has 1 aromatic rings. The lowest BCUT2D eigenvalue weighted by atomic mass is 10.1. The van der Waals surface area contributed by atoms with Crippen LogP contribution in [-0.2, 0) is 14.3 Å². The Bertz CT molecular complexity index is 559. The zero-order chi connectivity index (χ0) is 15.0. The van der Waals surface area contributed by atoms with E-state index in [0.29, 0.717) is 31.1 Å². The number of amides is 1. The van der Waals surface area contributed by atoms with Crippen molar-refractivity contribution in [1.29, 1.82) is 0 Å². The Morgan fingerprint density at radius 1 is 1.24 bits per heavy atom. The summed E-state index contributed by atoms with van der Waals surface area (Å²) in [4.78, 5) is 24.9. The number of nitrogens with zero attached hydrogens (tertiary/aromatic N) is 1. The third-order valence-corrected chi connectivity index (χ3v) is 4.30. The van der Waals surface area contributed by atoms with E-state index < -0.39 is 11.9 Å². The molecule has 3 atom stereocenters. The largest absolute Gasteiger partial charge is 0.481 e. The third-order valence-electron chi connectivity index (χ3n) is 4.04. The van der Waals surface area contributed by atoms with E-state index in [1.807, 2.05) is 12.1 Å². The number of rotatable bonds is 3. The summed E-state index contributed by atoms with van der Waals surface area (Å²) in [6.07, 6.45) is 0.277. The van der Waals surface area contributed by atoms with Crippen molar-refractivity contribution in [1.82, 2.24) is 4.90 Å². The molecular formula is C15H16ClNO4. The normalized spacial score (nSPS) is 28.2. The zero-order valence-electron chi connectivity index (χ0n) is 11.4. The number of benzene rings is 1. The van der Waals surface area contributed by atoms with Gasteiger partial charge in [-0.2, -0.15) is 0 Å². The van der Waals surface area contributed by atoms with Gasteiger partial charge in [-0.25, -0.2) is 0 Å². The lowest BCUT2D eigenvalue weighted by Crippen LogP contribution is -2.43. The molecule has 2 aliphatic rings. The van der Waals surface area contributed by atoms with Crippen LogP contribution < -0.4 is 0 Å². The molecule has 2 fully saturated rings. The Morgan fingerprint density at radius 2 is 1.95 bits per heavy atom. The van der Waals surface area contributed by atoms with Crippen molar-refractivity contribution in [3.8, 4) is 0 Å². The average Bonchev–Trinajstić information content (AvgIpc) is 3.28. The van der Waals surface area contributed by atoms with Gasteiger partial charge in [-0.1, -0.05) is 23.7 Å². The first-order chi connectivity index (χ1) is 10.1. The van der Waals surface area contributed by atoms with Crippen molar-refractivity contribution in [3.05, 3.63) is 34.9 Å². The topological polar surface area (TPSA) is 66.8 Å². The van der Waals surface area contributed by atoms with Gasteiger partial charge in [0.25, 0.3) is 0 Å². The Labute approximate surface area is 127 Å². The Kier molecular flexibility index (Phi) is 3.87. The molecule has 1 unspecified atom stereocenters. The molecule has 0 radical (unpaired) electrons. The van der Waals surface area contributed by atoms with Crippen molar-refractivity contribution >= 4 is 23.5 Å². The molecule has 1 aliphatic carbocycles. The third kappa shape index (κ3) is 3.04. The van der Waals surface area contributed by atoms with E-state index in [-0.39, 0.29) is 17.9 Å². The Balaban J connectivity index is 1.65. The minimum Gasteiger partial charge on any atom is -0.481 e. The van der Waals surface area contributed by atoms with E-state index in [1.165, 1.54) is 0 Å². The van der Waals surface area contributed by atoms with Gasteiger partial charge >= 0.3 is 5.97 Å². The van der Waals surface area contributed by atoms with Gasteiger partial charge in [-0.3, -0.25) is 9.59 Å². The van der Waals surface area contributed by atoms with Gasteiger partial charge in [0.05, 0.1) is 25.0 Å². The van der Waals surface area contributed by atoms with Crippen LogP contribution in [0.1, 0.15) is 18.1 Å². The van der Waals surface area contributed by atoms with E-state index in [2.05, 4.69) is 0 Å². The van der Waals surface area contributed by atoms with Crippen molar-refractivity contribution in [2.45, 2.75) is 12.5 Å². The molecule has 1 aliphatic heterocycles. The van der Waals surface area contributed by atoms with E-state index in [9.17, 15) is 9.59 Å². The molecule has 6 heteroatoms. The summed E-state index contributed by atoms with van der Waals surface area (Å²) < 4.78 is 5.71. The molecule has 5 nitrogen and oxygen atoms in total. The number of hydrogen-bond donors (Lipinski definition) is 1. The first kappa shape index (κ1) is 14.4. The average molecular weight is 310 g/mol. The number of carboxylic acids is 1. The second-order valence-corrected chi connectivity index (χ2v) is 5.92. The van der Waals surface area contributed by atoms with Gasteiger partial charge in [0.2, 0.25) is 5.91 Å². The second kappa shape index (κ2) is 5.66. The predicted molar refractivity (Wildman–Crippen MR) is 76.0 cm³/mol. The molecule has 3 rings (SSSR count). The lowest BCUT2D eigenvalue weighted by molar-refractivity contribution is -0.145. The molecular weight excluding hydrogens is 294 g/mol. The summed E-state index contributed by atoms with van der Waals surface area (Å²) in [5.74, 6) is -1.80. The number of ether oxygens (including phenoxy) is 1. The summed E-state index contributed by atoms with van der Waals surface area (Å²) in [6.45, 7) is 1.44. The summed E-state index contributed by atoms with van der Waals surface area (Å²) in [5, 5.41) is 9.58. The highest BCUT2D eigenvalue weighted by molar-refractivity contribution is 6.30. The van der Waals surface area contributed by atoms with Crippen LogP contribution in [0.4, 0.5) is 0 Å². The van der Waals surface area contributed by atoms with Crippen molar-refractivity contribution in [3.63, 3.8) is 0 Å². The van der Waals surface area contributed by atoms with E-state index >= 15 is 0 Å². The fraction of sp³-hybridized carbons (Fsp3) is 0.467. The van der Waals surface area contributed by atoms with Crippen LogP contribution in [0.2, 0.25) is 5.02 Å². The van der Waals surface area contributed by atoms with Crippen LogP contribution >= 0.6 is 11.6 Å². The molecule has 112 valence electrons. The van der Waals surface area contributed by atoms with Crippen molar-refractivity contribution < 1.29 is 19.4 Å². The van der Waals surface area contributed by atoms with Gasteiger partial charge in [0.15, 0.2) is 0 Å². The van der Waals surface area contributed by atoms with E-state index in [1.54, 1.807) is 17.0 Å². The maximum atomic E-state index is 12.3. The minimum atomic E-state index is -0.879. The second-order valence-electron chi connectivity index (χ2n) is 5.48. The minimum absolute atomic E-state index is 0.0651. The monoisotopic (exact) mass is 309 g/mol. The molecule has 1 aromatic carbocycles. The van der Waals surface area contributed by atoms with Crippen LogP contribution in [0, 0.1) is 11.8 Å². The number of carbonyl (C=O) groups excluding carboxylic acids is 1. The standard InChI is InChI=1S/C15H16ClNO4/c16-10-3-1-9(2-4-10)13-8-17(5-6-21-13)14(18)11-7-12(11)15(19)20/h1-4,11-13H,5-8H2,(H,19,20)/t11-,12+,13?/m1/s1. The van der Waals surface area contributed by atoms with Crippen molar-refractivity contribution in [2.24, 2.45) is 11.8 Å². The predicted octanol–water partition coefficient (Wildman–Crippen LogP) is 1.96. The van der Waals surface area contributed by atoms with Crippen LogP contribution in [-0.4, -0.2) is 41.6 Å². The van der Waals surface area contributed by atoms with Crippen molar-refractivity contribution in [2.75, 3.05) is 19.7 Å². The number of carboxylic acid groups (broad SMARTS) is 1. The van der Waals surface area contributed by atoms with E-state index in [0.717, 1.165) is 5.56 Å². The Hall–Kier alpha value is -1.59. The van der Waals surface area contributed by atoms with Gasteiger partial charge < -0.3 is 14.7 Å². The van der Waals surface area contributed by atoms with Crippen LogP contribution in [0.25, 0.3) is 0 Å². The highest BCUT2D eigenvalue weighted by Crippen LogP contribution is 2.40. The summed E-state index contributed by atoms with van der Waals surface area (Å²) in [5.41, 5.74) is 0.975. The van der Waals surface area contributed by atoms with Gasteiger partial charge in [0, 0.05) is 11.6 Å². The van der Waals surface area contributed by atoms with Gasteiger partial charge in [0.1, 0.15) is 6.10 Å². The van der Waals surface area contributed by atoms with Crippen LogP contribution in [0.5, 0.6) is 0 Å². The SMILES string of the molecule is O=C(O)[C@H]1C[C@H]1C(=O)N1CCOC(c2ccc(Cl)cc2)C1. The number of carbonyl (C=O) groups is 2. The van der Waals surface area contributed by atoms with Gasteiger partial charge in [-0.05, 0) is 24.1 Å². The number of halogens is 1. The molecule has 1 saturated carbocycles. The number of hydrogen-bond acceptors (Lipinski definition) is 3. The van der Waals surface area contributed by atoms with Crippen LogP contribution in [0.15, 0.2) is 24.3 Å². The molecule has 1 heterocycles. The molecule has 1 amide bonds. The smallest absolute Gasteiger partial charge is 0.307 e.